The second-order valence-corrected chi connectivity index (χ2v) is 3.97. The van der Waals surface area contributed by atoms with Gasteiger partial charge in [-0.3, -0.25) is 4.90 Å². The van der Waals surface area contributed by atoms with E-state index >= 15 is 0 Å². The van der Waals surface area contributed by atoms with E-state index in [4.69, 9.17) is 0 Å². The Hall–Kier alpha value is -1.03. The molecule has 2 heterocycles. The van der Waals surface area contributed by atoms with E-state index in [0.717, 1.165) is 31.2 Å². The van der Waals surface area contributed by atoms with Crippen LogP contribution in [0.3, 0.4) is 0 Å². The Morgan fingerprint density at radius 3 is 2.64 bits per heavy atom. The van der Waals surface area contributed by atoms with Gasteiger partial charge in [-0.05, 0) is 32.9 Å². The van der Waals surface area contributed by atoms with E-state index in [0.29, 0.717) is 0 Å². The number of aromatic nitrogens is 2. The molecular weight excluding hydrogens is 178 g/mol. The van der Waals surface area contributed by atoms with Gasteiger partial charge in [0, 0.05) is 0 Å². The summed E-state index contributed by atoms with van der Waals surface area (Å²) < 4.78 is 0. The number of aryl methyl sites for hydroxylation is 1. The van der Waals surface area contributed by atoms with Gasteiger partial charge in [-0.15, -0.1) is 0 Å². The minimum absolute atomic E-state index is 0.136. The summed E-state index contributed by atoms with van der Waals surface area (Å²) in [6.45, 7) is 4.98. The van der Waals surface area contributed by atoms with Gasteiger partial charge in [0.15, 0.2) is 0 Å². The number of imidazole rings is 1. The van der Waals surface area contributed by atoms with Crippen LogP contribution in [-0.4, -0.2) is 33.1 Å². The molecule has 0 amide bonds. The van der Waals surface area contributed by atoms with E-state index in [1.165, 1.54) is 19.3 Å². The van der Waals surface area contributed by atoms with Gasteiger partial charge in [0.2, 0.25) is 5.88 Å². The molecule has 0 aliphatic carbocycles. The molecule has 0 spiro atoms. The predicted molar refractivity (Wildman–Crippen MR) is 54.1 cm³/mol. The zero-order valence-electron chi connectivity index (χ0n) is 8.58. The molecule has 78 valence electrons. The molecule has 1 aromatic heterocycles. The molecule has 0 aromatic carbocycles. The third-order valence-electron chi connectivity index (χ3n) is 2.73. The molecule has 1 fully saturated rings. The van der Waals surface area contributed by atoms with Crippen molar-refractivity contribution in [2.24, 2.45) is 0 Å². The summed E-state index contributed by atoms with van der Waals surface area (Å²) in [4.78, 5) is 9.53. The number of nitrogens with zero attached hydrogens (tertiary/aromatic N) is 2. The molecule has 0 bridgehead atoms. The highest BCUT2D eigenvalue weighted by atomic mass is 16.3. The number of aromatic amines is 1. The molecule has 1 aliphatic heterocycles. The molecule has 1 saturated heterocycles. The molecule has 0 atom stereocenters. The largest absolute Gasteiger partial charge is 0.492 e. The van der Waals surface area contributed by atoms with E-state index in [1.54, 1.807) is 0 Å². The van der Waals surface area contributed by atoms with E-state index in [1.807, 2.05) is 6.92 Å². The molecule has 14 heavy (non-hydrogen) atoms. The fourth-order valence-corrected chi connectivity index (χ4v) is 1.92. The van der Waals surface area contributed by atoms with Gasteiger partial charge in [0.25, 0.3) is 0 Å². The summed E-state index contributed by atoms with van der Waals surface area (Å²) in [5.74, 6) is 1.01. The average Bonchev–Trinajstić information content (AvgIpc) is 2.47. The van der Waals surface area contributed by atoms with Gasteiger partial charge in [-0.25, -0.2) is 0 Å². The maximum absolute atomic E-state index is 9.31. The van der Waals surface area contributed by atoms with Crippen molar-refractivity contribution in [3.63, 3.8) is 0 Å². The summed E-state index contributed by atoms with van der Waals surface area (Å²) in [6, 6.07) is 0. The summed E-state index contributed by atoms with van der Waals surface area (Å²) >= 11 is 0. The lowest BCUT2D eigenvalue weighted by Crippen LogP contribution is -2.29. The smallest absolute Gasteiger partial charge is 0.232 e. The van der Waals surface area contributed by atoms with Gasteiger partial charge in [0.05, 0.1) is 12.2 Å². The Labute approximate surface area is 84.0 Å². The lowest BCUT2D eigenvalue weighted by atomic mass is 10.1. The van der Waals surface area contributed by atoms with E-state index in [9.17, 15) is 5.11 Å². The number of hydrogen-bond donors (Lipinski definition) is 2. The van der Waals surface area contributed by atoms with Gasteiger partial charge < -0.3 is 10.1 Å². The molecule has 0 unspecified atom stereocenters. The minimum atomic E-state index is 0.136. The highest BCUT2D eigenvalue weighted by Gasteiger charge is 2.13. The Morgan fingerprint density at radius 1 is 1.36 bits per heavy atom. The maximum atomic E-state index is 9.31. The van der Waals surface area contributed by atoms with Gasteiger partial charge in [-0.1, -0.05) is 6.42 Å². The van der Waals surface area contributed by atoms with Gasteiger partial charge in [0.1, 0.15) is 5.82 Å². The molecule has 2 rings (SSSR count). The van der Waals surface area contributed by atoms with Gasteiger partial charge in [-0.2, -0.15) is 4.98 Å². The quantitative estimate of drug-likeness (QED) is 0.750. The molecule has 0 saturated carbocycles. The maximum Gasteiger partial charge on any atom is 0.232 e. The van der Waals surface area contributed by atoms with Crippen molar-refractivity contribution in [1.29, 1.82) is 0 Å². The number of piperidine rings is 1. The summed E-state index contributed by atoms with van der Waals surface area (Å²) in [6.07, 6.45) is 3.91. The Balaban J connectivity index is 1.95. The van der Waals surface area contributed by atoms with Crippen molar-refractivity contribution in [3.05, 3.63) is 11.5 Å². The SMILES string of the molecule is Cc1[nH]c(CN2CCCCC2)nc1O. The predicted octanol–water partition coefficient (Wildman–Crippen LogP) is 1.41. The van der Waals surface area contributed by atoms with E-state index in [2.05, 4.69) is 14.9 Å². The zero-order chi connectivity index (χ0) is 9.97. The highest BCUT2D eigenvalue weighted by Crippen LogP contribution is 2.15. The molecule has 2 N–H and O–H groups in total. The summed E-state index contributed by atoms with van der Waals surface area (Å²) in [5.41, 5.74) is 0.761. The summed E-state index contributed by atoms with van der Waals surface area (Å²) in [5, 5.41) is 9.31. The molecule has 4 nitrogen and oxygen atoms in total. The number of hydrogen-bond acceptors (Lipinski definition) is 3. The van der Waals surface area contributed by atoms with Crippen LogP contribution in [0.4, 0.5) is 0 Å². The lowest BCUT2D eigenvalue weighted by molar-refractivity contribution is 0.216. The van der Waals surface area contributed by atoms with Crippen LogP contribution in [0.15, 0.2) is 0 Å². The van der Waals surface area contributed by atoms with Crippen molar-refractivity contribution < 1.29 is 5.11 Å². The molecule has 1 aromatic rings. The van der Waals surface area contributed by atoms with Crippen molar-refractivity contribution in [3.8, 4) is 5.88 Å². The van der Waals surface area contributed by atoms with Crippen LogP contribution in [0.25, 0.3) is 0 Å². The monoisotopic (exact) mass is 195 g/mol. The lowest BCUT2D eigenvalue weighted by Gasteiger charge is -2.25. The van der Waals surface area contributed by atoms with Crippen molar-refractivity contribution in [2.75, 3.05) is 13.1 Å². The number of aromatic hydroxyl groups is 1. The first-order valence-electron chi connectivity index (χ1n) is 5.22. The zero-order valence-corrected chi connectivity index (χ0v) is 8.58. The highest BCUT2D eigenvalue weighted by molar-refractivity contribution is 5.17. The van der Waals surface area contributed by atoms with Crippen LogP contribution >= 0.6 is 0 Å². The first-order chi connectivity index (χ1) is 6.75. The van der Waals surface area contributed by atoms with Crippen LogP contribution in [0, 0.1) is 6.92 Å². The Morgan fingerprint density at radius 2 is 2.07 bits per heavy atom. The third kappa shape index (κ3) is 2.07. The number of nitrogens with one attached hydrogen (secondary N) is 1. The van der Waals surface area contributed by atoms with Crippen LogP contribution in [-0.2, 0) is 6.54 Å². The first kappa shape index (κ1) is 9.52. The van der Waals surface area contributed by atoms with E-state index in [-0.39, 0.29) is 5.88 Å². The second-order valence-electron chi connectivity index (χ2n) is 3.97. The molecule has 1 aliphatic rings. The number of rotatable bonds is 2. The Bertz CT molecular complexity index is 283. The van der Waals surface area contributed by atoms with Crippen LogP contribution < -0.4 is 0 Å². The van der Waals surface area contributed by atoms with Crippen LogP contribution in [0.2, 0.25) is 0 Å². The number of likely N-dealkylation sites (tertiary alicyclic amines) is 1. The second kappa shape index (κ2) is 4.00. The average molecular weight is 195 g/mol. The molecule has 4 heteroatoms. The fraction of sp³-hybridized carbons (Fsp3) is 0.700. The van der Waals surface area contributed by atoms with Gasteiger partial charge >= 0.3 is 0 Å². The minimum Gasteiger partial charge on any atom is -0.492 e. The fourth-order valence-electron chi connectivity index (χ4n) is 1.92. The first-order valence-corrected chi connectivity index (χ1v) is 5.22. The third-order valence-corrected chi connectivity index (χ3v) is 2.73. The van der Waals surface area contributed by atoms with Crippen molar-refractivity contribution in [2.45, 2.75) is 32.7 Å². The molecule has 0 radical (unpaired) electrons. The van der Waals surface area contributed by atoms with E-state index < -0.39 is 0 Å². The van der Waals surface area contributed by atoms with Crippen LogP contribution in [0.1, 0.15) is 30.8 Å². The normalized spacial score (nSPS) is 18.6. The van der Waals surface area contributed by atoms with Crippen LogP contribution in [0.5, 0.6) is 5.88 Å². The number of H-pyrrole nitrogens is 1. The van der Waals surface area contributed by atoms with Crippen molar-refractivity contribution in [1.82, 2.24) is 14.9 Å². The van der Waals surface area contributed by atoms with Crippen molar-refractivity contribution >= 4 is 0 Å². The Kier molecular flexibility index (Phi) is 2.72. The summed E-state index contributed by atoms with van der Waals surface area (Å²) in [7, 11) is 0. The molecular formula is C10H17N3O. The topological polar surface area (TPSA) is 52.2 Å². The standard InChI is InChI=1S/C10H17N3O/c1-8-10(14)12-9(11-8)7-13-5-3-2-4-6-13/h14H,2-7H2,1H3,(H,11,12).